The molecule has 1 aliphatic carbocycles. The van der Waals surface area contributed by atoms with Crippen molar-refractivity contribution in [2.24, 2.45) is 16.7 Å². The highest BCUT2D eigenvalue weighted by atomic mass is 16.5. The van der Waals surface area contributed by atoms with Gasteiger partial charge >= 0.3 is 5.97 Å². The molecule has 1 saturated heterocycles. The van der Waals surface area contributed by atoms with Crippen molar-refractivity contribution in [2.75, 3.05) is 39.9 Å². The van der Waals surface area contributed by atoms with E-state index in [1.165, 1.54) is 13.2 Å². The smallest absolute Gasteiger partial charge is 0.343 e. The Balaban J connectivity index is 1.56. The predicted molar refractivity (Wildman–Crippen MR) is 125 cm³/mol. The largest absolute Gasteiger partial charge is 0.491 e. The number of pyridine rings is 1. The number of carbonyl (C=O) groups excluding carboxylic acids is 3. The second-order valence-corrected chi connectivity index (χ2v) is 10.6. The molecule has 1 saturated carbocycles. The second-order valence-electron chi connectivity index (χ2n) is 10.6. The lowest BCUT2D eigenvalue weighted by atomic mass is 10.0. The molecule has 2 amide bonds. The molecule has 186 valence electrons. The summed E-state index contributed by atoms with van der Waals surface area (Å²) in [5.74, 6) is -0.294. The fourth-order valence-electron chi connectivity index (χ4n) is 5.61. The minimum atomic E-state index is -0.583. The lowest BCUT2D eigenvalue weighted by Gasteiger charge is -2.21. The first kappa shape index (κ1) is 24.3. The number of carbonyl (C=O) groups is 3. The van der Waals surface area contributed by atoms with Crippen LogP contribution in [0.1, 0.15) is 56.6 Å². The average Bonchev–Trinajstić information content (AvgIpc) is 3.02. The molecule has 0 N–H and O–H groups in total. The topological polar surface area (TPSA) is 98.2 Å². The zero-order valence-electron chi connectivity index (χ0n) is 20.8. The van der Waals surface area contributed by atoms with Crippen LogP contribution in [-0.2, 0) is 27.3 Å². The predicted octanol–water partition coefficient (Wildman–Crippen LogP) is 1.70. The number of hydrogen-bond donors (Lipinski definition) is 0. The van der Waals surface area contributed by atoms with Gasteiger partial charge in [-0.25, -0.2) is 4.79 Å². The van der Waals surface area contributed by atoms with E-state index < -0.39 is 5.97 Å². The minimum Gasteiger partial charge on any atom is -0.491 e. The Bertz CT molecular complexity index is 1060. The van der Waals surface area contributed by atoms with Gasteiger partial charge in [-0.3, -0.25) is 14.4 Å². The van der Waals surface area contributed by atoms with E-state index >= 15 is 0 Å². The lowest BCUT2D eigenvalue weighted by Crippen LogP contribution is -2.36. The normalized spacial score (nSPS) is 21.1. The molecular formula is C25H35N3O6. The summed E-state index contributed by atoms with van der Waals surface area (Å²) in [5, 5.41) is 0. The van der Waals surface area contributed by atoms with Gasteiger partial charge < -0.3 is 23.8 Å². The Morgan fingerprint density at radius 3 is 2.32 bits per heavy atom. The number of nitrogens with zero attached hydrogens (tertiary/aromatic N) is 3. The van der Waals surface area contributed by atoms with Crippen molar-refractivity contribution in [1.29, 1.82) is 0 Å². The van der Waals surface area contributed by atoms with Crippen LogP contribution in [0, 0.1) is 16.7 Å². The molecule has 0 aromatic carbocycles. The van der Waals surface area contributed by atoms with E-state index in [1.807, 2.05) is 4.90 Å². The molecule has 0 atom stereocenters. The van der Waals surface area contributed by atoms with Crippen molar-refractivity contribution >= 4 is 17.8 Å². The van der Waals surface area contributed by atoms with Crippen molar-refractivity contribution in [3.05, 3.63) is 27.7 Å². The molecule has 0 bridgehead atoms. The molecule has 1 aromatic heterocycles. The Morgan fingerprint density at radius 2 is 1.74 bits per heavy atom. The number of hydrogen-bond acceptors (Lipinski definition) is 6. The number of ether oxygens (including phenoxy) is 2. The van der Waals surface area contributed by atoms with Crippen LogP contribution in [0.25, 0.3) is 0 Å². The van der Waals surface area contributed by atoms with E-state index in [-0.39, 0.29) is 52.0 Å². The molecule has 2 fully saturated rings. The Hall–Kier alpha value is -2.84. The van der Waals surface area contributed by atoms with Gasteiger partial charge in [0.1, 0.15) is 17.9 Å². The van der Waals surface area contributed by atoms with Crippen molar-refractivity contribution in [3.8, 4) is 5.75 Å². The summed E-state index contributed by atoms with van der Waals surface area (Å²) in [7, 11) is 1.29. The van der Waals surface area contributed by atoms with E-state index in [0.29, 0.717) is 51.3 Å². The van der Waals surface area contributed by atoms with Crippen LogP contribution >= 0.6 is 0 Å². The number of aromatic nitrogens is 1. The van der Waals surface area contributed by atoms with Gasteiger partial charge in [0.05, 0.1) is 13.7 Å². The van der Waals surface area contributed by atoms with Gasteiger partial charge in [0.2, 0.25) is 11.8 Å². The fourth-order valence-corrected chi connectivity index (χ4v) is 5.61. The van der Waals surface area contributed by atoms with Crippen LogP contribution in [0.2, 0.25) is 0 Å². The monoisotopic (exact) mass is 473 g/mol. The fraction of sp³-hybridized carbons (Fsp3) is 0.680. The van der Waals surface area contributed by atoms with Crippen LogP contribution in [0.3, 0.4) is 0 Å². The maximum Gasteiger partial charge on any atom is 0.343 e. The number of rotatable bonds is 6. The van der Waals surface area contributed by atoms with Crippen LogP contribution in [0.15, 0.2) is 10.9 Å². The molecule has 9 heteroatoms. The Morgan fingerprint density at radius 1 is 1.03 bits per heavy atom. The molecule has 4 rings (SSSR count). The van der Waals surface area contributed by atoms with Crippen molar-refractivity contribution in [3.63, 3.8) is 0 Å². The first-order valence-electron chi connectivity index (χ1n) is 12.0. The molecule has 34 heavy (non-hydrogen) atoms. The third-order valence-electron chi connectivity index (χ3n) is 8.35. The Kier molecular flexibility index (Phi) is 6.25. The van der Waals surface area contributed by atoms with Crippen molar-refractivity contribution in [1.82, 2.24) is 14.4 Å². The zero-order chi connectivity index (χ0) is 24.8. The number of amides is 2. The molecule has 2 aliphatic heterocycles. The molecule has 1 aromatic rings. The van der Waals surface area contributed by atoms with Gasteiger partial charge in [-0.15, -0.1) is 0 Å². The Labute approximate surface area is 200 Å². The molecule has 0 spiro atoms. The van der Waals surface area contributed by atoms with E-state index in [1.54, 1.807) is 9.47 Å². The number of fused-ring (bicyclic) bond motifs is 1. The summed E-state index contributed by atoms with van der Waals surface area (Å²) in [6, 6.07) is 1.31. The van der Waals surface area contributed by atoms with E-state index in [9.17, 15) is 19.2 Å². The molecule has 3 aliphatic rings. The van der Waals surface area contributed by atoms with Gasteiger partial charge in [-0.2, -0.15) is 0 Å². The van der Waals surface area contributed by atoms with Gasteiger partial charge in [0.25, 0.3) is 5.56 Å². The van der Waals surface area contributed by atoms with E-state index in [0.717, 1.165) is 6.42 Å². The first-order valence-corrected chi connectivity index (χ1v) is 12.0. The van der Waals surface area contributed by atoms with Gasteiger partial charge in [-0.05, 0) is 17.3 Å². The van der Waals surface area contributed by atoms with Crippen molar-refractivity contribution in [2.45, 2.75) is 53.5 Å². The van der Waals surface area contributed by atoms with Crippen molar-refractivity contribution < 1.29 is 23.9 Å². The maximum absolute atomic E-state index is 13.3. The summed E-state index contributed by atoms with van der Waals surface area (Å²) in [6.07, 6.45) is 1.72. The van der Waals surface area contributed by atoms with Gasteiger partial charge in [-0.1, -0.05) is 27.7 Å². The SMILES string of the molecule is COC(=O)c1c(OCCN2CCCC2=O)cc(=O)n2c1CCN(C(=O)C1C(C)(C)C1(C)C)CC2. The standard InChI is InChI=1S/C25H35N3O6/c1-24(2)21(25(24,3)4)22(31)27-10-8-16-20(23(32)33-5)17(15-19(30)28(16)12-11-27)34-14-13-26-9-6-7-18(26)29/h15,21H,6-14H2,1-5H3. The highest BCUT2D eigenvalue weighted by Crippen LogP contribution is 2.68. The highest BCUT2D eigenvalue weighted by molar-refractivity contribution is 5.93. The quantitative estimate of drug-likeness (QED) is 0.584. The summed E-state index contributed by atoms with van der Waals surface area (Å²) in [5.41, 5.74) is 0.313. The summed E-state index contributed by atoms with van der Waals surface area (Å²) >= 11 is 0. The molecule has 0 radical (unpaired) electrons. The number of esters is 1. The second kappa shape index (κ2) is 8.74. The minimum absolute atomic E-state index is 0.0646. The van der Waals surface area contributed by atoms with Gasteiger partial charge in [0.15, 0.2) is 0 Å². The number of methoxy groups -OCH3 is 1. The summed E-state index contributed by atoms with van der Waals surface area (Å²) in [6.45, 7) is 10.8. The van der Waals surface area contributed by atoms with Crippen LogP contribution in [-0.4, -0.2) is 72.0 Å². The molecule has 9 nitrogen and oxygen atoms in total. The van der Waals surface area contributed by atoms with Crippen LogP contribution < -0.4 is 10.3 Å². The lowest BCUT2D eigenvalue weighted by molar-refractivity contribution is -0.134. The van der Waals surface area contributed by atoms with Gasteiger partial charge in [0, 0.05) is 56.7 Å². The molecular weight excluding hydrogens is 438 g/mol. The zero-order valence-corrected chi connectivity index (χ0v) is 20.8. The third-order valence-corrected chi connectivity index (χ3v) is 8.35. The number of likely N-dealkylation sites (tertiary alicyclic amines) is 1. The maximum atomic E-state index is 13.3. The third kappa shape index (κ3) is 3.99. The van der Waals surface area contributed by atoms with E-state index in [2.05, 4.69) is 27.7 Å². The first-order chi connectivity index (χ1) is 16.0. The van der Waals surface area contributed by atoms with Crippen LogP contribution in [0.5, 0.6) is 5.75 Å². The summed E-state index contributed by atoms with van der Waals surface area (Å²) < 4.78 is 12.4. The summed E-state index contributed by atoms with van der Waals surface area (Å²) in [4.78, 5) is 54.4. The average molecular weight is 474 g/mol. The van der Waals surface area contributed by atoms with Crippen LogP contribution in [0.4, 0.5) is 0 Å². The molecule has 3 heterocycles. The van der Waals surface area contributed by atoms with E-state index in [4.69, 9.17) is 9.47 Å². The molecule has 0 unspecified atom stereocenters. The highest BCUT2D eigenvalue weighted by Gasteiger charge is 2.68.